The van der Waals surface area contributed by atoms with Crippen molar-refractivity contribution in [1.29, 1.82) is 0 Å². The largest absolute Gasteiger partial charge is 0.481 e. The number of imide groups is 1. The first-order chi connectivity index (χ1) is 24.6. The Bertz CT molecular complexity index is 1520. The van der Waals surface area contributed by atoms with E-state index in [0.29, 0.717) is 18.7 Å². The number of carbonyl (C=O) groups excluding carboxylic acids is 6. The van der Waals surface area contributed by atoms with E-state index in [-0.39, 0.29) is 11.6 Å². The van der Waals surface area contributed by atoms with Crippen LogP contribution in [-0.4, -0.2) is 122 Å². The Morgan fingerprint density at radius 3 is 2.04 bits per heavy atom. The van der Waals surface area contributed by atoms with E-state index in [1.165, 1.54) is 18.7 Å². The molecule has 7 N–H and O–H groups in total. The lowest BCUT2D eigenvalue weighted by Gasteiger charge is -2.28. The fourth-order valence-corrected chi connectivity index (χ4v) is 5.18. The molecule has 2 heterocycles. The summed E-state index contributed by atoms with van der Waals surface area (Å²) in [6, 6.07) is 3.36. The van der Waals surface area contributed by atoms with Crippen LogP contribution in [0.1, 0.15) is 57.9 Å². The summed E-state index contributed by atoms with van der Waals surface area (Å²) in [5.41, 5.74) is 2.49. The molecule has 3 rings (SSSR count). The van der Waals surface area contributed by atoms with Crippen molar-refractivity contribution in [1.82, 2.24) is 31.3 Å². The highest BCUT2D eigenvalue weighted by Gasteiger charge is 2.55. The molecule has 0 saturated carbocycles. The van der Waals surface area contributed by atoms with Crippen LogP contribution in [0.3, 0.4) is 0 Å². The zero-order valence-corrected chi connectivity index (χ0v) is 28.4. The Labute approximate surface area is 297 Å². The summed E-state index contributed by atoms with van der Waals surface area (Å²) >= 11 is 0. The van der Waals surface area contributed by atoms with Crippen molar-refractivity contribution < 1.29 is 67.9 Å². The SMILES string of the molecule is CC(C)[C@H](NC(=O)[C@H](CCC(=O)O)NC(=O)[C@H](CC(=O)O)NC(=O)OCc1ccccc1)C(=O)NN(C(=O)O)C(=O)C1OC1C(=O)N1CCCCC1. The first-order valence-corrected chi connectivity index (χ1v) is 16.4. The van der Waals surface area contributed by atoms with Crippen LogP contribution in [0.4, 0.5) is 9.59 Å². The summed E-state index contributed by atoms with van der Waals surface area (Å²) in [6.07, 6.45) is -5.50. The third-order valence-electron chi connectivity index (χ3n) is 8.01. The maximum atomic E-state index is 13.4. The number of likely N-dealkylation sites (tertiary alicyclic amines) is 1. The molecule has 0 bridgehead atoms. The summed E-state index contributed by atoms with van der Waals surface area (Å²) < 4.78 is 10.2. The van der Waals surface area contributed by atoms with Crippen LogP contribution in [0, 0.1) is 5.92 Å². The number of nitrogens with one attached hydrogen (secondary N) is 4. The first kappa shape index (κ1) is 40.6. The van der Waals surface area contributed by atoms with Gasteiger partial charge in [-0.25, -0.2) is 9.59 Å². The summed E-state index contributed by atoms with van der Waals surface area (Å²) in [7, 11) is 0. The third kappa shape index (κ3) is 12.2. The highest BCUT2D eigenvalue weighted by atomic mass is 16.6. The molecule has 2 aliphatic rings. The lowest BCUT2D eigenvalue weighted by Crippen LogP contribution is -2.61. The summed E-state index contributed by atoms with van der Waals surface area (Å²) in [6.45, 7) is 3.61. The predicted octanol–water partition coefficient (Wildman–Crippen LogP) is -0.436. The van der Waals surface area contributed by atoms with Gasteiger partial charge in [0, 0.05) is 19.5 Å². The molecule has 52 heavy (non-hydrogen) atoms. The third-order valence-corrected chi connectivity index (χ3v) is 8.01. The van der Waals surface area contributed by atoms with E-state index in [4.69, 9.17) is 9.47 Å². The average molecular weight is 735 g/mol. The van der Waals surface area contributed by atoms with Crippen molar-refractivity contribution in [3.63, 3.8) is 0 Å². The molecule has 2 aliphatic heterocycles. The van der Waals surface area contributed by atoms with Crippen molar-refractivity contribution in [2.24, 2.45) is 5.92 Å². The predicted molar refractivity (Wildman–Crippen MR) is 173 cm³/mol. The van der Waals surface area contributed by atoms with Gasteiger partial charge in [0.2, 0.25) is 11.8 Å². The molecule has 20 nitrogen and oxygen atoms in total. The Hall–Kier alpha value is -5.79. The molecular weight excluding hydrogens is 692 g/mol. The van der Waals surface area contributed by atoms with Gasteiger partial charge in [-0.2, -0.15) is 0 Å². The van der Waals surface area contributed by atoms with Gasteiger partial charge in [-0.1, -0.05) is 44.2 Å². The minimum Gasteiger partial charge on any atom is -0.481 e. The standard InChI is InChI=1S/C32H42N6O14/c1-17(2)23(28(45)36-38(32(49)50)30(47)25-24(52-25)29(46)37-13-7-4-8-14-37)35-26(43)19(11-12-21(39)40)33-27(44)20(15-22(41)42)34-31(48)51-16-18-9-5-3-6-10-18/h3,5-6,9-10,17,19-20,23-25H,4,7-8,11-16H2,1-2H3,(H,33,44)(H,34,48)(H,35,43)(H,36,45)(H,39,40)(H,41,42)(H,49,50)/t19-,20-,23-,24?,25?/m0/s1. The number of amides is 7. The van der Waals surface area contributed by atoms with E-state index in [2.05, 4.69) is 16.0 Å². The van der Waals surface area contributed by atoms with Crippen molar-refractivity contribution >= 4 is 53.7 Å². The van der Waals surface area contributed by atoms with Gasteiger partial charge in [-0.15, -0.1) is 5.01 Å². The molecule has 1 aromatic carbocycles. The number of carboxylic acids is 2. The number of carbonyl (C=O) groups is 9. The maximum Gasteiger partial charge on any atom is 0.433 e. The first-order valence-electron chi connectivity index (χ1n) is 16.4. The van der Waals surface area contributed by atoms with Gasteiger partial charge in [-0.05, 0) is 37.2 Å². The van der Waals surface area contributed by atoms with Crippen LogP contribution in [-0.2, 0) is 49.6 Å². The zero-order chi connectivity index (χ0) is 38.5. The molecule has 2 saturated heterocycles. The second kappa shape index (κ2) is 19.0. The number of rotatable bonds is 16. The topological polar surface area (TPSA) is 291 Å². The Kier molecular flexibility index (Phi) is 14.8. The second-order valence-corrected chi connectivity index (χ2v) is 12.4. The van der Waals surface area contributed by atoms with Gasteiger partial charge in [-0.3, -0.25) is 39.0 Å². The molecule has 0 aromatic heterocycles. The summed E-state index contributed by atoms with van der Waals surface area (Å²) in [4.78, 5) is 114. The van der Waals surface area contributed by atoms with E-state index in [0.717, 1.165) is 19.3 Å². The fraction of sp³-hybridized carbons (Fsp3) is 0.531. The number of carboxylic acid groups (broad SMARTS) is 3. The molecule has 20 heteroatoms. The Morgan fingerprint density at radius 2 is 1.46 bits per heavy atom. The van der Waals surface area contributed by atoms with Crippen LogP contribution in [0.25, 0.3) is 0 Å². The van der Waals surface area contributed by atoms with Gasteiger partial charge in [0.25, 0.3) is 17.7 Å². The normalized spacial score (nSPS) is 18.1. The number of benzene rings is 1. The monoisotopic (exact) mass is 734 g/mol. The molecule has 7 amide bonds. The number of alkyl carbamates (subject to hydrolysis) is 1. The number of aliphatic carboxylic acids is 2. The molecule has 284 valence electrons. The van der Waals surface area contributed by atoms with Crippen molar-refractivity contribution in [3.8, 4) is 0 Å². The van der Waals surface area contributed by atoms with Gasteiger partial charge >= 0.3 is 24.1 Å². The molecule has 2 fully saturated rings. The van der Waals surface area contributed by atoms with Crippen LogP contribution < -0.4 is 21.4 Å². The Morgan fingerprint density at radius 1 is 0.827 bits per heavy atom. The maximum absolute atomic E-state index is 13.4. The van der Waals surface area contributed by atoms with Crippen LogP contribution >= 0.6 is 0 Å². The lowest BCUT2D eigenvalue weighted by molar-refractivity contribution is -0.142. The molecule has 0 spiro atoms. The van der Waals surface area contributed by atoms with E-state index in [9.17, 15) is 58.5 Å². The number of epoxide rings is 1. The number of hydrogen-bond acceptors (Lipinski definition) is 11. The molecule has 2 unspecified atom stereocenters. The lowest BCUT2D eigenvalue weighted by atomic mass is 10.0. The van der Waals surface area contributed by atoms with Gasteiger partial charge < -0.3 is 45.6 Å². The zero-order valence-electron chi connectivity index (χ0n) is 28.4. The van der Waals surface area contributed by atoms with E-state index in [1.54, 1.807) is 30.3 Å². The summed E-state index contributed by atoms with van der Waals surface area (Å²) in [5.74, 6) is -8.93. The fourth-order valence-electron chi connectivity index (χ4n) is 5.18. The van der Waals surface area contributed by atoms with E-state index < -0.39 is 109 Å². The highest BCUT2D eigenvalue weighted by Crippen LogP contribution is 2.27. The van der Waals surface area contributed by atoms with Gasteiger partial charge in [0.1, 0.15) is 24.7 Å². The van der Waals surface area contributed by atoms with Crippen LogP contribution in [0.15, 0.2) is 30.3 Å². The van der Waals surface area contributed by atoms with E-state index >= 15 is 0 Å². The quantitative estimate of drug-likeness (QED) is 0.0838. The number of nitrogens with zero attached hydrogens (tertiary/aromatic N) is 2. The average Bonchev–Trinajstić information content (AvgIpc) is 3.90. The van der Waals surface area contributed by atoms with Crippen LogP contribution in [0.2, 0.25) is 0 Å². The molecular formula is C32H42N6O14. The molecule has 0 radical (unpaired) electrons. The van der Waals surface area contributed by atoms with Crippen molar-refractivity contribution in [3.05, 3.63) is 35.9 Å². The van der Waals surface area contributed by atoms with Crippen molar-refractivity contribution in [2.75, 3.05) is 13.1 Å². The minimum absolute atomic E-state index is 0.0687. The van der Waals surface area contributed by atoms with Crippen molar-refractivity contribution in [2.45, 2.75) is 89.3 Å². The molecule has 5 atom stereocenters. The minimum atomic E-state index is -1.92. The highest BCUT2D eigenvalue weighted by molar-refractivity contribution is 6.02. The summed E-state index contributed by atoms with van der Waals surface area (Å²) in [5, 5.41) is 34.8. The van der Waals surface area contributed by atoms with E-state index in [1.807, 2.05) is 5.43 Å². The Balaban J connectivity index is 1.68. The number of ether oxygens (including phenoxy) is 2. The molecule has 1 aromatic rings. The number of piperidine rings is 1. The van der Waals surface area contributed by atoms with Gasteiger partial charge in [0.15, 0.2) is 12.2 Å². The van der Waals surface area contributed by atoms with Crippen LogP contribution in [0.5, 0.6) is 0 Å². The number of hydrogen-bond donors (Lipinski definition) is 7. The van der Waals surface area contributed by atoms with Gasteiger partial charge in [0.05, 0.1) is 6.42 Å². The second-order valence-electron chi connectivity index (χ2n) is 12.4. The number of hydrazine groups is 1. The smallest absolute Gasteiger partial charge is 0.433 e. The molecule has 0 aliphatic carbocycles.